The van der Waals surface area contributed by atoms with Gasteiger partial charge in [-0.3, -0.25) is 0 Å². The van der Waals surface area contributed by atoms with Crippen molar-refractivity contribution >= 4 is 35.3 Å². The number of anilines is 1. The Hall–Kier alpha value is -1.73. The lowest BCUT2D eigenvalue weighted by molar-refractivity contribution is 0.0692. The van der Waals surface area contributed by atoms with Gasteiger partial charge in [0, 0.05) is 11.8 Å². The maximum absolute atomic E-state index is 12.0. The third-order valence-corrected chi connectivity index (χ3v) is 6.26. The van der Waals surface area contributed by atoms with Gasteiger partial charge in [-0.25, -0.2) is 14.8 Å². The van der Waals surface area contributed by atoms with Crippen LogP contribution in [0.1, 0.15) is 48.0 Å². The number of carbonyl (C=O) groups is 1. The molecule has 1 saturated carbocycles. The molecule has 0 spiro atoms. The fraction of sp³-hybridized carbons (Fsp3) is 0.421. The predicted molar refractivity (Wildman–Crippen MR) is 107 cm³/mol. The molecule has 3 rings (SSSR count). The molecule has 2 aromatic rings. The van der Waals surface area contributed by atoms with Gasteiger partial charge in [0.2, 0.25) is 0 Å². The van der Waals surface area contributed by atoms with E-state index in [0.717, 1.165) is 18.4 Å². The third kappa shape index (κ3) is 4.92. The molecule has 0 aliphatic heterocycles. The van der Waals surface area contributed by atoms with E-state index in [1.54, 1.807) is 11.8 Å². The molecule has 0 amide bonds. The Morgan fingerprint density at radius 1 is 1.19 bits per heavy atom. The van der Waals surface area contributed by atoms with Crippen LogP contribution in [0.2, 0.25) is 0 Å². The molecule has 0 radical (unpaired) electrons. The Morgan fingerprint density at radius 2 is 1.92 bits per heavy atom. The summed E-state index contributed by atoms with van der Waals surface area (Å²) in [4.78, 5) is 20.9. The highest BCUT2D eigenvalue weighted by atomic mass is 32.2. The van der Waals surface area contributed by atoms with Gasteiger partial charge in [-0.05, 0) is 24.7 Å². The Balaban J connectivity index is 1.88. The van der Waals surface area contributed by atoms with E-state index in [0.29, 0.717) is 27.8 Å². The number of nitrogens with one attached hydrogen (secondary N) is 1. The summed E-state index contributed by atoms with van der Waals surface area (Å²) in [6.45, 7) is 0.527. The minimum atomic E-state index is -0.980. The van der Waals surface area contributed by atoms with Crippen molar-refractivity contribution in [1.29, 1.82) is 0 Å². The number of nitrogens with zero attached hydrogens (tertiary/aromatic N) is 2. The largest absolute Gasteiger partial charge is 0.477 e. The van der Waals surface area contributed by atoms with E-state index >= 15 is 0 Å². The number of benzene rings is 1. The lowest BCUT2D eigenvalue weighted by Gasteiger charge is -2.22. The van der Waals surface area contributed by atoms with Gasteiger partial charge in [0.15, 0.2) is 5.16 Å². The Labute approximate surface area is 162 Å². The summed E-state index contributed by atoms with van der Waals surface area (Å²) in [7, 11) is 0. The average Bonchev–Trinajstić information content (AvgIpc) is 2.67. The number of carboxylic acids is 1. The lowest BCUT2D eigenvalue weighted by atomic mass is 10.0. The number of thioether (sulfide) groups is 2. The second-order valence-electron chi connectivity index (χ2n) is 6.26. The molecular weight excluding hydrogens is 366 g/mol. The molecular formula is C19H23N3O2S2. The fourth-order valence-corrected chi connectivity index (χ4v) is 4.79. The second-order valence-corrected chi connectivity index (χ2v) is 8.32. The smallest absolute Gasteiger partial charge is 0.342 e. The van der Waals surface area contributed by atoms with Crippen molar-refractivity contribution in [1.82, 2.24) is 9.97 Å². The van der Waals surface area contributed by atoms with Gasteiger partial charge >= 0.3 is 5.97 Å². The molecule has 1 aromatic carbocycles. The number of rotatable bonds is 7. The fourth-order valence-electron chi connectivity index (χ4n) is 3.04. The van der Waals surface area contributed by atoms with Gasteiger partial charge in [-0.1, -0.05) is 61.4 Å². The third-order valence-electron chi connectivity index (χ3n) is 4.39. The maximum Gasteiger partial charge on any atom is 0.342 e. The van der Waals surface area contributed by atoms with E-state index in [9.17, 15) is 9.90 Å². The molecule has 0 unspecified atom stereocenters. The van der Waals surface area contributed by atoms with Crippen molar-refractivity contribution in [2.75, 3.05) is 11.6 Å². The normalized spacial score (nSPS) is 15.0. The summed E-state index contributed by atoms with van der Waals surface area (Å²) in [5.74, 6) is -0.578. The Bertz CT molecular complexity index is 750. The average molecular weight is 390 g/mol. The molecule has 1 heterocycles. The molecule has 1 aliphatic carbocycles. The van der Waals surface area contributed by atoms with Crippen molar-refractivity contribution in [3.05, 3.63) is 41.5 Å². The second kappa shape index (κ2) is 9.28. The van der Waals surface area contributed by atoms with Gasteiger partial charge in [0.25, 0.3) is 0 Å². The van der Waals surface area contributed by atoms with E-state index in [1.165, 1.54) is 31.0 Å². The quantitative estimate of drug-likeness (QED) is 0.395. The monoisotopic (exact) mass is 389 g/mol. The number of hydrogen-bond donors (Lipinski definition) is 2. The standard InChI is InChI=1S/C19H23N3O2S2/c1-25-19-21-16(20-12-13-8-4-2-5-9-13)15(18(23)24)17(22-19)26-14-10-6-3-7-11-14/h2,4-5,8-9,14H,3,6-7,10-12H2,1H3,(H,23,24)(H,20,21,22). The number of carboxylic acid groups (broad SMARTS) is 1. The van der Waals surface area contributed by atoms with Crippen LogP contribution in [0.3, 0.4) is 0 Å². The van der Waals surface area contributed by atoms with Crippen LogP contribution in [0, 0.1) is 0 Å². The summed E-state index contributed by atoms with van der Waals surface area (Å²) in [5, 5.41) is 14.6. The molecule has 7 heteroatoms. The lowest BCUT2D eigenvalue weighted by Crippen LogP contribution is -2.14. The SMILES string of the molecule is CSc1nc(NCc2ccccc2)c(C(=O)O)c(SC2CCCCC2)n1. The van der Waals surface area contributed by atoms with Crippen molar-refractivity contribution in [3.8, 4) is 0 Å². The van der Waals surface area contributed by atoms with Gasteiger partial charge in [-0.15, -0.1) is 11.8 Å². The van der Waals surface area contributed by atoms with Gasteiger partial charge in [0.1, 0.15) is 16.4 Å². The van der Waals surface area contributed by atoms with Crippen LogP contribution >= 0.6 is 23.5 Å². The van der Waals surface area contributed by atoms with Crippen molar-refractivity contribution in [2.24, 2.45) is 0 Å². The van der Waals surface area contributed by atoms with E-state index in [4.69, 9.17) is 0 Å². The molecule has 0 atom stereocenters. The summed E-state index contributed by atoms with van der Waals surface area (Å²) in [6.07, 6.45) is 7.84. The van der Waals surface area contributed by atoms with Crippen LogP contribution in [0.25, 0.3) is 0 Å². The molecule has 2 N–H and O–H groups in total. The highest BCUT2D eigenvalue weighted by molar-refractivity contribution is 8.00. The first kappa shape index (κ1) is 19.0. The highest BCUT2D eigenvalue weighted by Crippen LogP contribution is 2.36. The van der Waals surface area contributed by atoms with Gasteiger partial charge < -0.3 is 10.4 Å². The molecule has 5 nitrogen and oxygen atoms in total. The predicted octanol–water partition coefficient (Wildman–Crippen LogP) is 4.93. The molecule has 0 bridgehead atoms. The zero-order valence-corrected chi connectivity index (χ0v) is 16.4. The zero-order valence-electron chi connectivity index (χ0n) is 14.8. The molecule has 1 fully saturated rings. The van der Waals surface area contributed by atoms with E-state index < -0.39 is 5.97 Å². The first-order valence-electron chi connectivity index (χ1n) is 8.81. The van der Waals surface area contributed by atoms with Crippen LogP contribution in [0.4, 0.5) is 5.82 Å². The van der Waals surface area contributed by atoms with Gasteiger partial charge in [-0.2, -0.15) is 0 Å². The summed E-state index contributed by atoms with van der Waals surface area (Å²) in [6, 6.07) is 9.89. The van der Waals surface area contributed by atoms with Crippen molar-refractivity contribution < 1.29 is 9.90 Å². The molecule has 1 aromatic heterocycles. The highest BCUT2D eigenvalue weighted by Gasteiger charge is 2.24. The summed E-state index contributed by atoms with van der Waals surface area (Å²) in [5.41, 5.74) is 1.27. The van der Waals surface area contributed by atoms with Crippen LogP contribution in [0.5, 0.6) is 0 Å². The Kier molecular flexibility index (Phi) is 6.80. The maximum atomic E-state index is 12.0. The van der Waals surface area contributed by atoms with Crippen LogP contribution < -0.4 is 5.32 Å². The number of hydrogen-bond acceptors (Lipinski definition) is 6. The zero-order chi connectivity index (χ0) is 18.4. The van der Waals surface area contributed by atoms with E-state index in [-0.39, 0.29) is 5.56 Å². The van der Waals surface area contributed by atoms with Crippen LogP contribution in [-0.2, 0) is 6.54 Å². The first-order chi connectivity index (χ1) is 12.7. The minimum Gasteiger partial charge on any atom is -0.477 e. The Morgan fingerprint density at radius 3 is 2.58 bits per heavy atom. The minimum absolute atomic E-state index is 0.189. The van der Waals surface area contributed by atoms with Gasteiger partial charge in [0.05, 0.1) is 0 Å². The van der Waals surface area contributed by atoms with Crippen LogP contribution in [0.15, 0.2) is 40.5 Å². The number of aromatic nitrogens is 2. The number of aromatic carboxylic acids is 1. The van der Waals surface area contributed by atoms with Crippen molar-refractivity contribution in [2.45, 2.75) is 54.1 Å². The molecule has 1 aliphatic rings. The first-order valence-corrected chi connectivity index (χ1v) is 10.9. The summed E-state index contributed by atoms with van der Waals surface area (Å²) >= 11 is 3.03. The van der Waals surface area contributed by atoms with Crippen LogP contribution in [-0.4, -0.2) is 32.5 Å². The molecule has 138 valence electrons. The molecule has 26 heavy (non-hydrogen) atoms. The topological polar surface area (TPSA) is 75.1 Å². The molecule has 0 saturated heterocycles. The van der Waals surface area contributed by atoms with Crippen molar-refractivity contribution in [3.63, 3.8) is 0 Å². The summed E-state index contributed by atoms with van der Waals surface area (Å²) < 4.78 is 0. The van der Waals surface area contributed by atoms with E-state index in [2.05, 4.69) is 15.3 Å². The van der Waals surface area contributed by atoms with E-state index in [1.807, 2.05) is 36.6 Å².